The largest absolute Gasteiger partial charge is 0.493 e. The number of carbonyl (C=O) groups excluding carboxylic acids is 1. The van der Waals surface area contributed by atoms with Crippen LogP contribution in [0.5, 0.6) is 23.0 Å². The Bertz CT molecular complexity index is 777. The first-order chi connectivity index (χ1) is 12.7. The van der Waals surface area contributed by atoms with E-state index in [9.17, 15) is 4.79 Å². The summed E-state index contributed by atoms with van der Waals surface area (Å²) in [6.07, 6.45) is -0.648. The van der Waals surface area contributed by atoms with Crippen molar-refractivity contribution in [2.24, 2.45) is 0 Å². The Morgan fingerprint density at radius 3 is 2.54 bits per heavy atom. The average molecular weight is 357 g/mol. The standard InChI is InChI=1S/C20H23NO5/c1-4-21(12-14-9-10-15(23-2)18(11-14)24-3)20(22)19-13-25-16-7-5-6-8-17(16)26-19/h5-11,19H,4,12-13H2,1-3H3. The van der Waals surface area contributed by atoms with Crippen LogP contribution in [0.2, 0.25) is 0 Å². The van der Waals surface area contributed by atoms with Gasteiger partial charge in [-0.1, -0.05) is 18.2 Å². The first-order valence-corrected chi connectivity index (χ1v) is 8.54. The van der Waals surface area contributed by atoms with E-state index in [1.807, 2.05) is 43.3 Å². The molecule has 1 amide bonds. The maximum Gasteiger partial charge on any atom is 0.267 e. The summed E-state index contributed by atoms with van der Waals surface area (Å²) in [5.74, 6) is 2.46. The SMILES string of the molecule is CCN(Cc1ccc(OC)c(OC)c1)C(=O)C1COc2ccccc2O1. The second kappa shape index (κ2) is 7.99. The number of ether oxygens (including phenoxy) is 4. The zero-order valence-corrected chi connectivity index (χ0v) is 15.2. The van der Waals surface area contributed by atoms with Crippen molar-refractivity contribution in [3.8, 4) is 23.0 Å². The van der Waals surface area contributed by atoms with E-state index in [1.165, 1.54) is 0 Å². The summed E-state index contributed by atoms with van der Waals surface area (Å²) < 4.78 is 22.1. The van der Waals surface area contributed by atoms with Crippen LogP contribution in [0.4, 0.5) is 0 Å². The van der Waals surface area contributed by atoms with Gasteiger partial charge in [0.1, 0.15) is 6.61 Å². The van der Waals surface area contributed by atoms with Crippen molar-refractivity contribution in [2.45, 2.75) is 19.6 Å². The van der Waals surface area contributed by atoms with E-state index in [-0.39, 0.29) is 12.5 Å². The normalized spacial score (nSPS) is 15.3. The summed E-state index contributed by atoms with van der Waals surface area (Å²) in [6.45, 7) is 3.17. The zero-order chi connectivity index (χ0) is 18.5. The predicted molar refractivity (Wildman–Crippen MR) is 97.0 cm³/mol. The number of rotatable bonds is 6. The average Bonchev–Trinajstić information content (AvgIpc) is 2.70. The molecule has 0 spiro atoms. The molecular formula is C20H23NO5. The third-order valence-corrected chi connectivity index (χ3v) is 4.30. The second-order valence-corrected chi connectivity index (χ2v) is 5.91. The third kappa shape index (κ3) is 3.69. The quantitative estimate of drug-likeness (QED) is 0.796. The molecule has 3 rings (SSSR count). The van der Waals surface area contributed by atoms with Crippen LogP contribution < -0.4 is 18.9 Å². The molecule has 138 valence electrons. The fourth-order valence-electron chi connectivity index (χ4n) is 2.89. The molecule has 1 unspecified atom stereocenters. The van der Waals surface area contributed by atoms with Gasteiger partial charge in [0.05, 0.1) is 14.2 Å². The minimum absolute atomic E-state index is 0.100. The fourth-order valence-corrected chi connectivity index (χ4v) is 2.89. The molecule has 0 bridgehead atoms. The lowest BCUT2D eigenvalue weighted by molar-refractivity contribution is -0.141. The Morgan fingerprint density at radius 2 is 1.85 bits per heavy atom. The van der Waals surface area contributed by atoms with Gasteiger partial charge in [0, 0.05) is 13.1 Å². The van der Waals surface area contributed by atoms with E-state index in [1.54, 1.807) is 25.2 Å². The third-order valence-electron chi connectivity index (χ3n) is 4.30. The van der Waals surface area contributed by atoms with E-state index in [0.717, 1.165) is 5.56 Å². The van der Waals surface area contributed by atoms with Crippen molar-refractivity contribution < 1.29 is 23.7 Å². The lowest BCUT2D eigenvalue weighted by Crippen LogP contribution is -2.46. The summed E-state index contributed by atoms with van der Waals surface area (Å²) in [4.78, 5) is 14.6. The molecule has 0 fully saturated rings. The smallest absolute Gasteiger partial charge is 0.267 e. The van der Waals surface area contributed by atoms with Gasteiger partial charge in [-0.15, -0.1) is 0 Å². The van der Waals surface area contributed by atoms with Crippen molar-refractivity contribution in [1.29, 1.82) is 0 Å². The van der Waals surface area contributed by atoms with Crippen molar-refractivity contribution in [3.63, 3.8) is 0 Å². The Balaban J connectivity index is 1.72. The number of carbonyl (C=O) groups is 1. The molecule has 1 aliphatic heterocycles. The highest BCUT2D eigenvalue weighted by molar-refractivity contribution is 5.82. The van der Waals surface area contributed by atoms with E-state index in [4.69, 9.17) is 18.9 Å². The molecule has 1 heterocycles. The second-order valence-electron chi connectivity index (χ2n) is 5.91. The molecule has 2 aromatic carbocycles. The maximum absolute atomic E-state index is 12.9. The predicted octanol–water partition coefficient (Wildman–Crippen LogP) is 2.89. The Hall–Kier alpha value is -2.89. The van der Waals surface area contributed by atoms with Crippen LogP contribution in [0.3, 0.4) is 0 Å². The summed E-state index contributed by atoms with van der Waals surface area (Å²) >= 11 is 0. The number of nitrogens with zero attached hydrogens (tertiary/aromatic N) is 1. The molecular weight excluding hydrogens is 334 g/mol. The topological polar surface area (TPSA) is 57.2 Å². The van der Waals surface area contributed by atoms with Gasteiger partial charge < -0.3 is 23.8 Å². The van der Waals surface area contributed by atoms with E-state index in [0.29, 0.717) is 36.1 Å². The Morgan fingerprint density at radius 1 is 1.12 bits per heavy atom. The number of hydrogen-bond acceptors (Lipinski definition) is 5. The maximum atomic E-state index is 12.9. The van der Waals surface area contributed by atoms with Crippen molar-refractivity contribution in [1.82, 2.24) is 4.90 Å². The molecule has 0 radical (unpaired) electrons. The van der Waals surface area contributed by atoms with Crippen LogP contribution >= 0.6 is 0 Å². The molecule has 2 aromatic rings. The van der Waals surface area contributed by atoms with Crippen LogP contribution in [-0.4, -0.2) is 44.3 Å². The van der Waals surface area contributed by atoms with Gasteiger partial charge in [-0.2, -0.15) is 0 Å². The number of benzene rings is 2. The summed E-state index contributed by atoms with van der Waals surface area (Å²) in [7, 11) is 3.19. The molecule has 6 nitrogen and oxygen atoms in total. The number of amides is 1. The highest BCUT2D eigenvalue weighted by atomic mass is 16.6. The molecule has 0 saturated carbocycles. The molecule has 26 heavy (non-hydrogen) atoms. The van der Waals surface area contributed by atoms with Gasteiger partial charge in [0.2, 0.25) is 6.10 Å². The first kappa shape index (κ1) is 17.9. The summed E-state index contributed by atoms with van der Waals surface area (Å²) in [5.41, 5.74) is 0.954. The van der Waals surface area contributed by atoms with Crippen molar-refractivity contribution in [3.05, 3.63) is 48.0 Å². The highest BCUT2D eigenvalue weighted by Crippen LogP contribution is 2.32. The molecule has 0 aromatic heterocycles. The van der Waals surface area contributed by atoms with E-state index in [2.05, 4.69) is 0 Å². The summed E-state index contributed by atoms with van der Waals surface area (Å²) in [6, 6.07) is 13.0. The van der Waals surface area contributed by atoms with Gasteiger partial charge in [0.25, 0.3) is 5.91 Å². The van der Waals surface area contributed by atoms with Crippen molar-refractivity contribution >= 4 is 5.91 Å². The van der Waals surface area contributed by atoms with Gasteiger partial charge >= 0.3 is 0 Å². The van der Waals surface area contributed by atoms with Crippen LogP contribution in [0.15, 0.2) is 42.5 Å². The number of para-hydroxylation sites is 2. The zero-order valence-electron chi connectivity index (χ0n) is 15.2. The minimum Gasteiger partial charge on any atom is -0.493 e. The number of likely N-dealkylation sites (N-methyl/N-ethyl adjacent to an activating group) is 1. The van der Waals surface area contributed by atoms with Crippen LogP contribution in [0, 0.1) is 0 Å². The van der Waals surface area contributed by atoms with Gasteiger partial charge in [-0.3, -0.25) is 4.79 Å². The number of fused-ring (bicyclic) bond motifs is 1. The molecule has 0 N–H and O–H groups in total. The number of hydrogen-bond donors (Lipinski definition) is 0. The lowest BCUT2D eigenvalue weighted by atomic mass is 10.1. The molecule has 0 aliphatic carbocycles. The summed E-state index contributed by atoms with van der Waals surface area (Å²) in [5, 5.41) is 0. The molecule has 6 heteroatoms. The minimum atomic E-state index is -0.648. The van der Waals surface area contributed by atoms with Gasteiger partial charge in [0.15, 0.2) is 23.0 Å². The van der Waals surface area contributed by atoms with Crippen LogP contribution in [0.1, 0.15) is 12.5 Å². The van der Waals surface area contributed by atoms with Crippen molar-refractivity contribution in [2.75, 3.05) is 27.4 Å². The van der Waals surface area contributed by atoms with E-state index < -0.39 is 6.10 Å². The Labute approximate surface area is 153 Å². The van der Waals surface area contributed by atoms with Gasteiger partial charge in [-0.25, -0.2) is 0 Å². The molecule has 1 atom stereocenters. The van der Waals surface area contributed by atoms with Crippen LogP contribution in [0.25, 0.3) is 0 Å². The van der Waals surface area contributed by atoms with E-state index >= 15 is 0 Å². The molecule has 1 aliphatic rings. The first-order valence-electron chi connectivity index (χ1n) is 8.54. The monoisotopic (exact) mass is 357 g/mol. The highest BCUT2D eigenvalue weighted by Gasteiger charge is 2.30. The Kier molecular flexibility index (Phi) is 5.51. The lowest BCUT2D eigenvalue weighted by Gasteiger charge is -2.30. The van der Waals surface area contributed by atoms with Crippen LogP contribution in [-0.2, 0) is 11.3 Å². The fraction of sp³-hybridized carbons (Fsp3) is 0.350. The van der Waals surface area contributed by atoms with Gasteiger partial charge in [-0.05, 0) is 36.8 Å². The number of methoxy groups -OCH3 is 2. The molecule has 0 saturated heterocycles.